The highest BCUT2D eigenvalue weighted by Gasteiger charge is 2.10. The van der Waals surface area contributed by atoms with E-state index in [2.05, 4.69) is 5.32 Å². The zero-order chi connectivity index (χ0) is 14.6. The fraction of sp³-hybridized carbons (Fsp3) is 0.364. The van der Waals surface area contributed by atoms with E-state index in [0.717, 1.165) is 0 Å². The van der Waals surface area contributed by atoms with Gasteiger partial charge in [0.05, 0.1) is 16.3 Å². The minimum Gasteiger partial charge on any atom is -0.397 e. The Morgan fingerprint density at radius 2 is 2.00 bits per heavy atom. The first kappa shape index (κ1) is 15.3. The molecule has 0 fully saturated rings. The number of amides is 1. The van der Waals surface area contributed by atoms with Gasteiger partial charge in [-0.3, -0.25) is 4.79 Å². The van der Waals surface area contributed by atoms with Gasteiger partial charge in [-0.15, -0.1) is 0 Å². The molecule has 8 heteroatoms. The number of benzene rings is 1. The molecule has 0 unspecified atom stereocenters. The van der Waals surface area contributed by atoms with Crippen LogP contribution in [0.15, 0.2) is 23.1 Å². The first-order chi connectivity index (χ1) is 8.71. The maximum Gasteiger partial charge on any atom is 0.238 e. The summed E-state index contributed by atoms with van der Waals surface area (Å²) in [6.07, 6.45) is 0.323. The molecule has 1 rings (SSSR count). The molecule has 7 nitrogen and oxygen atoms in total. The standard InChI is InChI=1S/C11H18N4O3S/c1-15(2)11(16)5-6-14-10-4-3-8(7-9(10)12)19(13,17)18/h3-4,7,14H,5-6,12H2,1-2H3,(H2,13,17,18). The fourth-order valence-electron chi connectivity index (χ4n) is 1.41. The Bertz CT molecular complexity index is 569. The van der Waals surface area contributed by atoms with Crippen LogP contribution in [0.4, 0.5) is 11.4 Å². The van der Waals surface area contributed by atoms with Gasteiger partial charge in [-0.2, -0.15) is 0 Å². The van der Waals surface area contributed by atoms with Crippen LogP contribution >= 0.6 is 0 Å². The molecule has 0 aliphatic rings. The minimum atomic E-state index is -3.76. The lowest BCUT2D eigenvalue weighted by Crippen LogP contribution is -2.24. The number of carbonyl (C=O) groups excluding carboxylic acids is 1. The number of rotatable bonds is 5. The van der Waals surface area contributed by atoms with Crippen molar-refractivity contribution >= 4 is 27.3 Å². The number of hydrogen-bond acceptors (Lipinski definition) is 5. The van der Waals surface area contributed by atoms with Gasteiger partial charge in [0, 0.05) is 27.1 Å². The van der Waals surface area contributed by atoms with Gasteiger partial charge in [-0.25, -0.2) is 13.6 Å². The maximum absolute atomic E-state index is 11.4. The van der Waals surface area contributed by atoms with Crippen molar-refractivity contribution in [1.82, 2.24) is 4.90 Å². The molecule has 19 heavy (non-hydrogen) atoms. The van der Waals surface area contributed by atoms with Crippen molar-refractivity contribution in [2.75, 3.05) is 31.7 Å². The Morgan fingerprint density at radius 3 is 2.47 bits per heavy atom. The van der Waals surface area contributed by atoms with Crippen LogP contribution < -0.4 is 16.2 Å². The summed E-state index contributed by atoms with van der Waals surface area (Å²) in [4.78, 5) is 12.8. The topological polar surface area (TPSA) is 119 Å². The number of carbonyl (C=O) groups is 1. The molecular weight excluding hydrogens is 268 g/mol. The maximum atomic E-state index is 11.4. The van der Waals surface area contributed by atoms with Crippen molar-refractivity contribution in [1.29, 1.82) is 0 Å². The van der Waals surface area contributed by atoms with Gasteiger partial charge < -0.3 is 16.0 Å². The SMILES string of the molecule is CN(C)C(=O)CCNc1ccc(S(N)(=O)=O)cc1N. The summed E-state index contributed by atoms with van der Waals surface area (Å²) in [5.74, 6) is -0.00720. The number of nitrogen functional groups attached to an aromatic ring is 1. The average molecular weight is 286 g/mol. The van der Waals surface area contributed by atoms with Gasteiger partial charge in [-0.1, -0.05) is 0 Å². The van der Waals surface area contributed by atoms with Crippen LogP contribution in [0.2, 0.25) is 0 Å². The van der Waals surface area contributed by atoms with E-state index in [0.29, 0.717) is 18.7 Å². The van der Waals surface area contributed by atoms with E-state index in [1.54, 1.807) is 14.1 Å². The van der Waals surface area contributed by atoms with E-state index in [-0.39, 0.29) is 16.5 Å². The Morgan fingerprint density at radius 1 is 1.37 bits per heavy atom. The number of nitrogens with zero attached hydrogens (tertiary/aromatic N) is 1. The van der Waals surface area contributed by atoms with Crippen molar-refractivity contribution in [3.8, 4) is 0 Å². The minimum absolute atomic E-state index is 0.00720. The predicted molar refractivity (Wildman–Crippen MR) is 74.0 cm³/mol. The molecule has 0 bridgehead atoms. The number of anilines is 2. The first-order valence-electron chi connectivity index (χ1n) is 5.58. The summed E-state index contributed by atoms with van der Waals surface area (Å²) in [7, 11) is -0.399. The van der Waals surface area contributed by atoms with Crippen LogP contribution in [0.3, 0.4) is 0 Å². The molecule has 1 aromatic rings. The fourth-order valence-corrected chi connectivity index (χ4v) is 1.96. The lowest BCUT2D eigenvalue weighted by Gasteiger charge is -2.12. The van der Waals surface area contributed by atoms with Gasteiger partial charge in [-0.05, 0) is 18.2 Å². The van der Waals surface area contributed by atoms with Crippen LogP contribution in [-0.4, -0.2) is 39.9 Å². The van der Waals surface area contributed by atoms with Crippen LogP contribution in [0.5, 0.6) is 0 Å². The van der Waals surface area contributed by atoms with Gasteiger partial charge in [0.1, 0.15) is 0 Å². The Kier molecular flexibility index (Phi) is 4.73. The summed E-state index contributed by atoms with van der Waals surface area (Å²) in [5.41, 5.74) is 6.55. The molecule has 1 amide bonds. The Hall–Kier alpha value is -1.80. The smallest absolute Gasteiger partial charge is 0.238 e. The molecule has 0 aliphatic carbocycles. The molecule has 0 aliphatic heterocycles. The second kappa shape index (κ2) is 5.89. The summed E-state index contributed by atoms with van der Waals surface area (Å²) in [6.45, 7) is 0.413. The lowest BCUT2D eigenvalue weighted by atomic mass is 10.2. The second-order valence-electron chi connectivity index (χ2n) is 4.26. The number of nitrogens with one attached hydrogen (secondary N) is 1. The molecule has 106 valence electrons. The number of hydrogen-bond donors (Lipinski definition) is 3. The highest BCUT2D eigenvalue weighted by Crippen LogP contribution is 2.21. The van der Waals surface area contributed by atoms with E-state index in [9.17, 15) is 13.2 Å². The third-order valence-electron chi connectivity index (χ3n) is 2.50. The molecule has 0 saturated heterocycles. The molecule has 0 atom stereocenters. The summed E-state index contributed by atoms with van der Waals surface area (Å²) in [5, 5.41) is 7.96. The van der Waals surface area contributed by atoms with Crippen molar-refractivity contribution in [3.63, 3.8) is 0 Å². The zero-order valence-electron chi connectivity index (χ0n) is 10.9. The lowest BCUT2D eigenvalue weighted by molar-refractivity contribution is -0.128. The van der Waals surface area contributed by atoms with Gasteiger partial charge in [0.15, 0.2) is 0 Å². The Labute approximate surface area is 112 Å². The number of sulfonamides is 1. The van der Waals surface area contributed by atoms with Gasteiger partial charge in [0.2, 0.25) is 15.9 Å². The van der Waals surface area contributed by atoms with E-state index in [4.69, 9.17) is 10.9 Å². The summed E-state index contributed by atoms with van der Waals surface area (Å²) < 4.78 is 22.3. The first-order valence-corrected chi connectivity index (χ1v) is 7.13. The Balaban J connectivity index is 2.69. The summed E-state index contributed by atoms with van der Waals surface area (Å²) >= 11 is 0. The quantitative estimate of drug-likeness (QED) is 0.648. The monoisotopic (exact) mass is 286 g/mol. The molecule has 0 spiro atoms. The molecule has 0 radical (unpaired) electrons. The van der Waals surface area contributed by atoms with Crippen LogP contribution in [-0.2, 0) is 14.8 Å². The van der Waals surface area contributed by atoms with Crippen LogP contribution in [0.1, 0.15) is 6.42 Å². The van der Waals surface area contributed by atoms with Crippen molar-refractivity contribution in [2.24, 2.45) is 5.14 Å². The van der Waals surface area contributed by atoms with Crippen molar-refractivity contribution in [2.45, 2.75) is 11.3 Å². The normalized spacial score (nSPS) is 11.1. The van der Waals surface area contributed by atoms with Gasteiger partial charge >= 0.3 is 0 Å². The highest BCUT2D eigenvalue weighted by atomic mass is 32.2. The third-order valence-corrected chi connectivity index (χ3v) is 3.42. The molecule has 0 heterocycles. The van der Waals surface area contributed by atoms with Crippen molar-refractivity contribution in [3.05, 3.63) is 18.2 Å². The predicted octanol–water partition coefficient (Wildman–Crippen LogP) is -0.194. The van der Waals surface area contributed by atoms with Crippen LogP contribution in [0.25, 0.3) is 0 Å². The highest BCUT2D eigenvalue weighted by molar-refractivity contribution is 7.89. The molecule has 5 N–H and O–H groups in total. The average Bonchev–Trinajstić information content (AvgIpc) is 2.29. The zero-order valence-corrected chi connectivity index (χ0v) is 11.7. The van der Waals surface area contributed by atoms with E-state index < -0.39 is 10.0 Å². The van der Waals surface area contributed by atoms with E-state index in [1.165, 1.54) is 23.1 Å². The van der Waals surface area contributed by atoms with Crippen molar-refractivity contribution < 1.29 is 13.2 Å². The number of primary sulfonamides is 1. The number of nitrogens with two attached hydrogens (primary N) is 2. The second-order valence-corrected chi connectivity index (χ2v) is 5.82. The third kappa shape index (κ3) is 4.42. The molecular formula is C11H18N4O3S. The largest absolute Gasteiger partial charge is 0.397 e. The molecule has 0 saturated carbocycles. The van der Waals surface area contributed by atoms with Crippen LogP contribution in [0, 0.1) is 0 Å². The van der Waals surface area contributed by atoms with Gasteiger partial charge in [0.25, 0.3) is 0 Å². The molecule has 0 aromatic heterocycles. The van der Waals surface area contributed by atoms with E-state index in [1.807, 2.05) is 0 Å². The van der Waals surface area contributed by atoms with E-state index >= 15 is 0 Å². The molecule has 1 aromatic carbocycles. The summed E-state index contributed by atoms with van der Waals surface area (Å²) in [6, 6.07) is 4.17.